The van der Waals surface area contributed by atoms with Gasteiger partial charge in [0, 0.05) is 0 Å². The summed E-state index contributed by atoms with van der Waals surface area (Å²) < 4.78 is 7.60. The number of hydrogen-bond acceptors (Lipinski definition) is 1. The molecule has 5 heteroatoms. The zero-order valence-corrected chi connectivity index (χ0v) is 39.7. The second kappa shape index (κ2) is 14.8. The van der Waals surface area contributed by atoms with Crippen LogP contribution >= 0.6 is 24.8 Å². The minimum atomic E-state index is -4.02. The fourth-order valence-corrected chi connectivity index (χ4v) is 29.9. The van der Waals surface area contributed by atoms with Gasteiger partial charge in [-0.3, -0.25) is 0 Å². The van der Waals surface area contributed by atoms with Gasteiger partial charge in [0.25, 0.3) is 0 Å². The Morgan fingerprint density at radius 2 is 1.16 bits per heavy atom. The monoisotopic (exact) mass is 889 g/mol. The Morgan fingerprint density at radius 3 is 1.79 bits per heavy atom. The van der Waals surface area contributed by atoms with Crippen LogP contribution in [-0.4, -0.2) is 12.9 Å². The number of allylic oxidation sites excluding steroid dienone is 4. The van der Waals surface area contributed by atoms with Gasteiger partial charge in [0.1, 0.15) is 0 Å². The maximum Gasteiger partial charge on any atom is -0.147 e. The molecule has 2 aliphatic carbocycles. The Kier molecular flexibility index (Phi) is 10.3. The van der Waals surface area contributed by atoms with Crippen LogP contribution in [0.2, 0.25) is 9.26 Å². The van der Waals surface area contributed by atoms with E-state index in [4.69, 9.17) is 0 Å². The maximum atomic E-state index is 2.76. The van der Waals surface area contributed by atoms with E-state index < -0.39 is 17.4 Å². The van der Waals surface area contributed by atoms with Crippen LogP contribution in [0, 0.1) is 5.92 Å². The number of nitrogens with zero attached hydrogens (tertiary/aromatic N) is 1. The van der Waals surface area contributed by atoms with Gasteiger partial charge in [-0.05, 0) is 0 Å². The van der Waals surface area contributed by atoms with E-state index in [2.05, 4.69) is 206 Å². The van der Waals surface area contributed by atoms with Crippen molar-refractivity contribution >= 4 is 75.8 Å². The molecule has 0 bridgehead atoms. The van der Waals surface area contributed by atoms with Crippen molar-refractivity contribution in [3.8, 4) is 22.3 Å². The van der Waals surface area contributed by atoms with Gasteiger partial charge < -0.3 is 0 Å². The van der Waals surface area contributed by atoms with Crippen molar-refractivity contribution in [1.82, 2.24) is 0 Å². The first-order valence-corrected chi connectivity index (χ1v) is 33.8. The predicted octanol–water partition coefficient (Wildman–Crippen LogP) is 14.8. The van der Waals surface area contributed by atoms with Gasteiger partial charge in [-0.25, -0.2) is 0 Å². The van der Waals surface area contributed by atoms with Crippen molar-refractivity contribution in [3.63, 3.8) is 0 Å². The molecule has 0 saturated carbocycles. The number of hydrogen-bond donors (Lipinski definition) is 0. The molecule has 2 unspecified atom stereocenters. The Morgan fingerprint density at radius 1 is 0.621 bits per heavy atom. The first kappa shape index (κ1) is 40.5. The van der Waals surface area contributed by atoms with Crippen molar-refractivity contribution in [2.75, 3.05) is 4.90 Å². The number of benzene rings is 7. The molecule has 7 aromatic carbocycles. The van der Waals surface area contributed by atoms with E-state index in [1.165, 1.54) is 88.2 Å². The van der Waals surface area contributed by atoms with E-state index in [1.807, 2.05) is 0 Å². The molecule has 1 nitrogen and oxygen atoms in total. The quantitative estimate of drug-likeness (QED) is 0.150. The predicted molar refractivity (Wildman–Crippen MR) is 257 cm³/mol. The third-order valence-corrected chi connectivity index (χ3v) is 29.5. The summed E-state index contributed by atoms with van der Waals surface area (Å²) in [6, 6.07) is 52.5. The fraction of sp³-hybridized carbons (Fsp3) is 0.170. The molecule has 0 N–H and O–H groups in total. The average Bonchev–Trinajstić information content (AvgIpc) is 3.85. The van der Waals surface area contributed by atoms with Crippen molar-refractivity contribution in [3.05, 3.63) is 189 Å². The summed E-state index contributed by atoms with van der Waals surface area (Å²) in [6.07, 6.45) is 7.77. The zero-order valence-electron chi connectivity index (χ0n) is 34.2. The normalized spacial score (nSPS) is 17.6. The van der Waals surface area contributed by atoms with Crippen molar-refractivity contribution in [2.24, 2.45) is 5.92 Å². The first-order chi connectivity index (χ1) is 27.0. The van der Waals surface area contributed by atoms with Crippen LogP contribution in [0.25, 0.3) is 60.6 Å². The van der Waals surface area contributed by atoms with E-state index in [0.29, 0.717) is 9.54 Å². The molecule has 290 valence electrons. The van der Waals surface area contributed by atoms with Crippen LogP contribution in [-0.2, 0) is 17.4 Å². The van der Waals surface area contributed by atoms with Crippen molar-refractivity contribution in [2.45, 2.75) is 46.6 Å². The van der Waals surface area contributed by atoms with Crippen molar-refractivity contribution in [1.29, 1.82) is 0 Å². The van der Waals surface area contributed by atoms with Crippen LogP contribution in [0.3, 0.4) is 0 Å². The summed E-state index contributed by atoms with van der Waals surface area (Å²) in [4.78, 5) is 2.63. The van der Waals surface area contributed by atoms with Crippen LogP contribution in [0.15, 0.2) is 177 Å². The minimum absolute atomic E-state index is 0. The van der Waals surface area contributed by atoms with Crippen LogP contribution in [0.4, 0.5) is 5.69 Å². The third kappa shape index (κ3) is 6.19. The molecule has 2 atom stereocenters. The van der Waals surface area contributed by atoms with Gasteiger partial charge in [0.05, 0.1) is 0 Å². The molecular weight excluding hydrogens is 841 g/mol. The molecule has 0 aromatic heterocycles. The molecule has 10 rings (SSSR count). The van der Waals surface area contributed by atoms with Crippen molar-refractivity contribution < 1.29 is 17.4 Å². The topological polar surface area (TPSA) is 3.24 Å². The molecule has 0 fully saturated rings. The largest absolute Gasteiger partial charge is 0.147 e. The first-order valence-electron chi connectivity index (χ1n) is 20.3. The Hall–Kier alpha value is -4.24. The van der Waals surface area contributed by atoms with Crippen LogP contribution in [0.5, 0.6) is 0 Å². The van der Waals surface area contributed by atoms with E-state index in [9.17, 15) is 0 Å². The zero-order chi connectivity index (χ0) is 38.5. The maximum absolute atomic E-state index is 4.02. The van der Waals surface area contributed by atoms with E-state index >= 15 is 0 Å². The number of rotatable bonds is 6. The number of anilines is 1. The second-order valence-electron chi connectivity index (χ2n) is 17.9. The molecule has 0 saturated heterocycles. The molecule has 7 aromatic rings. The number of halogens is 2. The Balaban J connectivity index is 0.00000235. The molecular formula is C53H51Cl2NSiZr. The molecule has 1 aliphatic heterocycles. The molecule has 3 aliphatic rings. The summed E-state index contributed by atoms with van der Waals surface area (Å²) in [6.45, 7) is 12.1. The van der Waals surface area contributed by atoms with E-state index in [1.54, 1.807) is 8.85 Å². The molecule has 58 heavy (non-hydrogen) atoms. The van der Waals surface area contributed by atoms with Crippen LogP contribution < -0.4 is 4.90 Å². The molecule has 0 spiro atoms. The second-order valence-corrected chi connectivity index (χ2v) is 47.2. The summed E-state index contributed by atoms with van der Waals surface area (Å²) in [5.74, 6) is 0.421. The third-order valence-electron chi connectivity index (χ3n) is 13.1. The van der Waals surface area contributed by atoms with Gasteiger partial charge in [-0.2, -0.15) is 0 Å². The average molecular weight is 892 g/mol. The standard InChI is InChI=1S/C30H21.C21H20N.2CH3.2ClH.H2Si.Zr/c1-20-16-23-18-24(27-14-6-10-21-8-2-4-12-25(21)27)19-30(29(23)17-20)28-15-7-11-22-9-3-5-13-26(22)28;1-14(2)17-12-18-11-15(3)22(21(18)13-17)20-10-6-8-16-7-4-5-9-19(16)20;;;;;;/h2-19H,1H3;4-11,13-15H,1-3H3;2*1H3;2*1H;1H2;. The van der Waals surface area contributed by atoms with Gasteiger partial charge in [-0.1, -0.05) is 0 Å². The smallest absolute Gasteiger partial charge is 0.147 e. The minimum Gasteiger partial charge on any atom is -0.147 e. The summed E-state index contributed by atoms with van der Waals surface area (Å²) in [5, 5.41) is 7.80. The fourth-order valence-electron chi connectivity index (χ4n) is 10.9. The molecule has 0 amide bonds. The molecule has 1 heterocycles. The summed E-state index contributed by atoms with van der Waals surface area (Å²) in [7, 11) is 0. The Labute approximate surface area is 358 Å². The SMILES string of the molecule is CC1=Cc2c(-c3cccc4ccccc34)cc(-c3cccc4ccccc34)cc2[CH]1[Zr]([CH3])([CH3])(=[SiH2])[C]1=C(C(C)C)C=C2C1=CC(C)N2c1cccc2ccccc12.Cl.Cl. The van der Waals surface area contributed by atoms with Gasteiger partial charge >= 0.3 is 337 Å². The molecule has 0 radical (unpaired) electrons. The summed E-state index contributed by atoms with van der Waals surface area (Å²) in [5.41, 5.74) is 15.5. The number of fused-ring (bicyclic) bond motifs is 5. The van der Waals surface area contributed by atoms with Gasteiger partial charge in [0.15, 0.2) is 0 Å². The van der Waals surface area contributed by atoms with E-state index in [0.717, 1.165) is 0 Å². The van der Waals surface area contributed by atoms with Gasteiger partial charge in [0.2, 0.25) is 0 Å². The van der Waals surface area contributed by atoms with E-state index in [-0.39, 0.29) is 30.9 Å². The Bertz CT molecular complexity index is 3020. The van der Waals surface area contributed by atoms with Crippen LogP contribution in [0.1, 0.15) is 42.4 Å². The van der Waals surface area contributed by atoms with Gasteiger partial charge in [-0.15, -0.1) is 24.8 Å². The summed E-state index contributed by atoms with van der Waals surface area (Å²) >= 11 is -4.02.